The first-order valence-electron chi connectivity index (χ1n) is 7.11. The van der Waals surface area contributed by atoms with E-state index in [9.17, 15) is 9.59 Å². The molecule has 0 unspecified atom stereocenters. The lowest BCUT2D eigenvalue weighted by Gasteiger charge is -2.07. The van der Waals surface area contributed by atoms with Gasteiger partial charge in [-0.1, -0.05) is 18.2 Å². The van der Waals surface area contributed by atoms with Crippen molar-refractivity contribution in [1.29, 1.82) is 0 Å². The van der Waals surface area contributed by atoms with Gasteiger partial charge in [0.25, 0.3) is 0 Å². The first kappa shape index (κ1) is 18.0. The summed E-state index contributed by atoms with van der Waals surface area (Å²) in [5.74, 6) is -0.235. The monoisotopic (exact) mass is 309 g/mol. The van der Waals surface area contributed by atoms with Crippen LogP contribution in [0.15, 0.2) is 30.3 Å². The van der Waals surface area contributed by atoms with Crippen molar-refractivity contribution >= 4 is 11.9 Å². The van der Waals surface area contributed by atoms with Crippen LogP contribution >= 0.6 is 0 Å². The van der Waals surface area contributed by atoms with E-state index >= 15 is 0 Å². The van der Waals surface area contributed by atoms with E-state index < -0.39 is 11.9 Å². The van der Waals surface area contributed by atoms with Gasteiger partial charge in [-0.15, -0.1) is 0 Å². The molecule has 1 rings (SSSR count). The fourth-order valence-electron chi connectivity index (χ4n) is 1.42. The molecule has 0 aromatic heterocycles. The zero-order valence-electron chi connectivity index (χ0n) is 12.7. The molecule has 0 N–H and O–H groups in total. The molecule has 0 heterocycles. The van der Waals surface area contributed by atoms with Gasteiger partial charge < -0.3 is 18.9 Å². The predicted octanol–water partition coefficient (Wildman–Crippen LogP) is 1.78. The summed E-state index contributed by atoms with van der Waals surface area (Å²) in [7, 11) is 0. The second kappa shape index (κ2) is 11.6. The van der Waals surface area contributed by atoms with Gasteiger partial charge in [0.15, 0.2) is 6.61 Å². The molecule has 1 aromatic carbocycles. The van der Waals surface area contributed by atoms with Crippen molar-refractivity contribution in [1.82, 2.24) is 0 Å². The second-order valence-electron chi connectivity index (χ2n) is 4.22. The lowest BCUT2D eigenvalue weighted by molar-refractivity contribution is -0.149. The molecular weight excluding hydrogens is 288 g/mol. The van der Waals surface area contributed by atoms with Crippen LogP contribution < -0.4 is 4.74 Å². The van der Waals surface area contributed by atoms with Gasteiger partial charge >= 0.3 is 11.9 Å². The van der Waals surface area contributed by atoms with E-state index in [1.165, 1.54) is 0 Å². The molecule has 0 saturated heterocycles. The van der Waals surface area contributed by atoms with E-state index in [0.29, 0.717) is 18.8 Å². The highest BCUT2D eigenvalue weighted by atomic mass is 16.6. The van der Waals surface area contributed by atoms with Crippen LogP contribution in [0.3, 0.4) is 0 Å². The second-order valence-corrected chi connectivity index (χ2v) is 4.22. The molecule has 6 heteroatoms. The van der Waals surface area contributed by atoms with Crippen LogP contribution in [0.25, 0.3) is 0 Å². The number of hydrogen-bond acceptors (Lipinski definition) is 6. The third kappa shape index (κ3) is 8.97. The van der Waals surface area contributed by atoms with Gasteiger partial charge in [0.2, 0.25) is 0 Å². The minimum atomic E-state index is -0.451. The summed E-state index contributed by atoms with van der Waals surface area (Å²) in [4.78, 5) is 22.5. The topological polar surface area (TPSA) is 71.1 Å². The van der Waals surface area contributed by atoms with E-state index in [1.807, 2.05) is 18.2 Å². The van der Waals surface area contributed by atoms with Crippen molar-refractivity contribution in [2.75, 3.05) is 33.0 Å². The fraction of sp³-hybridized carbons (Fsp3) is 0.438. The lowest BCUT2D eigenvalue weighted by atomic mass is 10.3. The molecule has 0 amide bonds. The summed E-state index contributed by atoms with van der Waals surface area (Å²) in [5, 5.41) is 0. The lowest BCUT2D eigenvalue weighted by Crippen LogP contribution is -2.16. The Morgan fingerprint density at radius 3 is 2.50 bits per heavy atom. The number of rotatable bonds is 11. The molecule has 0 fully saturated rings. The molecule has 0 aliphatic carbocycles. The molecule has 1 aromatic rings. The molecule has 0 atom stereocenters. The molecule has 0 aliphatic rings. The number of para-hydroxylation sites is 1. The summed E-state index contributed by atoms with van der Waals surface area (Å²) in [5.41, 5.74) is 0. The van der Waals surface area contributed by atoms with Crippen molar-refractivity contribution in [3.63, 3.8) is 0 Å². The number of benzene rings is 1. The van der Waals surface area contributed by atoms with Gasteiger partial charge in [-0.2, -0.15) is 0 Å². The average Bonchev–Trinajstić information content (AvgIpc) is 2.55. The predicted molar refractivity (Wildman–Crippen MR) is 79.3 cm³/mol. The zero-order valence-corrected chi connectivity index (χ0v) is 12.7. The number of esters is 2. The van der Waals surface area contributed by atoms with Gasteiger partial charge in [-0.3, -0.25) is 0 Å². The molecule has 1 radical (unpaired) electrons. The maximum Gasteiger partial charge on any atom is 0.344 e. The smallest absolute Gasteiger partial charge is 0.344 e. The van der Waals surface area contributed by atoms with Crippen LogP contribution in [0.4, 0.5) is 0 Å². The average molecular weight is 309 g/mol. The molecule has 121 valence electrons. The summed E-state index contributed by atoms with van der Waals surface area (Å²) in [6.07, 6.45) is 2.22. The Morgan fingerprint density at radius 2 is 1.77 bits per heavy atom. The minimum Gasteiger partial charge on any atom is -0.482 e. The highest BCUT2D eigenvalue weighted by Gasteiger charge is 2.05. The molecule has 0 bridgehead atoms. The largest absolute Gasteiger partial charge is 0.482 e. The molecule has 22 heavy (non-hydrogen) atoms. The van der Waals surface area contributed by atoms with Gasteiger partial charge in [0.05, 0.1) is 13.2 Å². The van der Waals surface area contributed by atoms with E-state index in [4.69, 9.17) is 18.9 Å². The number of carbonyl (C=O) groups is 2. The summed E-state index contributed by atoms with van der Waals surface area (Å²) in [6, 6.07) is 9.02. The first-order chi connectivity index (χ1) is 10.7. The molecule has 6 nitrogen and oxygen atoms in total. The van der Waals surface area contributed by atoms with E-state index in [-0.39, 0.29) is 26.4 Å². The Hall–Kier alpha value is -2.08. The van der Waals surface area contributed by atoms with Gasteiger partial charge in [0, 0.05) is 13.0 Å². The SMILES string of the molecule is CCOCC(=O)OCC[CH]COC(=O)COc1ccccc1. The Balaban J connectivity index is 1.96. The summed E-state index contributed by atoms with van der Waals surface area (Å²) >= 11 is 0. The van der Waals surface area contributed by atoms with Crippen LogP contribution in [0.1, 0.15) is 13.3 Å². The molecule has 0 aliphatic heterocycles. The quantitative estimate of drug-likeness (QED) is 0.458. The van der Waals surface area contributed by atoms with Crippen molar-refractivity contribution in [3.8, 4) is 5.75 Å². The highest BCUT2D eigenvalue weighted by Crippen LogP contribution is 2.07. The normalized spacial score (nSPS) is 10.0. The van der Waals surface area contributed by atoms with Crippen LogP contribution in [-0.2, 0) is 23.8 Å². The number of carbonyl (C=O) groups excluding carboxylic acids is 2. The Kier molecular flexibility index (Phi) is 9.45. The third-order valence-electron chi connectivity index (χ3n) is 2.47. The van der Waals surface area contributed by atoms with E-state index in [0.717, 1.165) is 0 Å². The number of hydrogen-bond donors (Lipinski definition) is 0. The number of ether oxygens (including phenoxy) is 4. The van der Waals surface area contributed by atoms with Crippen LogP contribution in [0.2, 0.25) is 0 Å². The fourth-order valence-corrected chi connectivity index (χ4v) is 1.42. The van der Waals surface area contributed by atoms with Crippen LogP contribution in [-0.4, -0.2) is 45.0 Å². The molecule has 0 spiro atoms. The van der Waals surface area contributed by atoms with E-state index in [2.05, 4.69) is 0 Å². The Morgan fingerprint density at radius 1 is 1.05 bits per heavy atom. The zero-order chi connectivity index (χ0) is 16.0. The van der Waals surface area contributed by atoms with Crippen molar-refractivity contribution in [2.45, 2.75) is 13.3 Å². The Labute approximate surface area is 130 Å². The standard InChI is InChI=1S/C16H21O6/c1-2-19-12-15(17)20-10-6-7-11-21-16(18)13-22-14-8-4-3-5-9-14/h3-5,7-9H,2,6,10-13H2,1H3. The van der Waals surface area contributed by atoms with Crippen molar-refractivity contribution in [3.05, 3.63) is 36.8 Å². The summed E-state index contributed by atoms with van der Waals surface area (Å²) in [6.45, 7) is 2.49. The van der Waals surface area contributed by atoms with Crippen molar-refractivity contribution < 1.29 is 28.5 Å². The first-order valence-corrected chi connectivity index (χ1v) is 7.11. The maximum atomic E-state index is 11.4. The van der Waals surface area contributed by atoms with Crippen LogP contribution in [0.5, 0.6) is 5.75 Å². The van der Waals surface area contributed by atoms with Gasteiger partial charge in [-0.05, 0) is 25.5 Å². The van der Waals surface area contributed by atoms with E-state index in [1.54, 1.807) is 25.5 Å². The molecular formula is C16H21O6. The van der Waals surface area contributed by atoms with Gasteiger partial charge in [0.1, 0.15) is 12.4 Å². The third-order valence-corrected chi connectivity index (χ3v) is 2.47. The van der Waals surface area contributed by atoms with Crippen LogP contribution in [0, 0.1) is 6.42 Å². The summed E-state index contributed by atoms with van der Waals surface area (Å²) < 4.78 is 20.0. The Bertz CT molecular complexity index is 432. The van der Waals surface area contributed by atoms with Gasteiger partial charge in [-0.25, -0.2) is 9.59 Å². The van der Waals surface area contributed by atoms with Crippen molar-refractivity contribution in [2.24, 2.45) is 0 Å². The minimum absolute atomic E-state index is 0.0394. The molecule has 0 saturated carbocycles. The highest BCUT2D eigenvalue weighted by molar-refractivity contribution is 5.71. The number of unbranched alkanes of at least 4 members (excludes halogenated alkanes) is 1. The maximum absolute atomic E-state index is 11.4.